The maximum atomic E-state index is 13.1. The van der Waals surface area contributed by atoms with Crippen molar-refractivity contribution in [3.05, 3.63) is 83.8 Å². The van der Waals surface area contributed by atoms with Gasteiger partial charge in [-0.25, -0.2) is 9.37 Å². The Labute approximate surface area is 169 Å². The van der Waals surface area contributed by atoms with Crippen molar-refractivity contribution in [3.63, 3.8) is 0 Å². The third kappa shape index (κ3) is 4.37. The number of piperazine rings is 1. The minimum Gasteiger partial charge on any atom is -0.368 e. The second-order valence-electron chi connectivity index (χ2n) is 7.13. The van der Waals surface area contributed by atoms with Crippen molar-refractivity contribution in [2.75, 3.05) is 36.4 Å². The van der Waals surface area contributed by atoms with Crippen LogP contribution in [0.5, 0.6) is 0 Å². The summed E-state index contributed by atoms with van der Waals surface area (Å²) in [6.45, 7) is 4.71. The quantitative estimate of drug-likeness (QED) is 0.724. The van der Waals surface area contributed by atoms with Gasteiger partial charge in [0.1, 0.15) is 11.6 Å². The van der Waals surface area contributed by atoms with E-state index in [1.807, 2.05) is 36.1 Å². The second-order valence-corrected chi connectivity index (χ2v) is 7.13. The molecule has 0 unspecified atom stereocenters. The molecule has 29 heavy (non-hydrogen) atoms. The summed E-state index contributed by atoms with van der Waals surface area (Å²) >= 11 is 0. The fourth-order valence-electron chi connectivity index (χ4n) is 3.49. The largest absolute Gasteiger partial charge is 0.368 e. The molecule has 4 rings (SSSR count). The first kappa shape index (κ1) is 18.9. The number of hydrogen-bond donors (Lipinski definition) is 1. The second kappa shape index (κ2) is 8.31. The van der Waals surface area contributed by atoms with Gasteiger partial charge < -0.3 is 15.1 Å². The molecular formula is C23H23FN4O. The van der Waals surface area contributed by atoms with E-state index in [1.54, 1.807) is 30.5 Å². The van der Waals surface area contributed by atoms with E-state index in [0.717, 1.165) is 30.0 Å². The van der Waals surface area contributed by atoms with Crippen LogP contribution >= 0.6 is 0 Å². The molecule has 0 aliphatic carbocycles. The van der Waals surface area contributed by atoms with E-state index in [4.69, 9.17) is 0 Å². The van der Waals surface area contributed by atoms with Crippen molar-refractivity contribution in [1.82, 2.24) is 9.88 Å². The summed E-state index contributed by atoms with van der Waals surface area (Å²) in [6.07, 6.45) is 1.66. The summed E-state index contributed by atoms with van der Waals surface area (Å²) in [4.78, 5) is 21.3. The molecule has 1 saturated heterocycles. The number of nitrogens with one attached hydrogen (secondary N) is 1. The van der Waals surface area contributed by atoms with Crippen LogP contribution in [0.2, 0.25) is 0 Å². The van der Waals surface area contributed by atoms with E-state index in [1.165, 1.54) is 12.1 Å². The summed E-state index contributed by atoms with van der Waals surface area (Å²) in [5.41, 5.74) is 3.68. The van der Waals surface area contributed by atoms with Crippen molar-refractivity contribution in [2.45, 2.75) is 6.92 Å². The number of benzene rings is 2. The highest BCUT2D eigenvalue weighted by atomic mass is 19.1. The predicted octanol–water partition coefficient (Wildman–Crippen LogP) is 4.24. The monoisotopic (exact) mass is 390 g/mol. The van der Waals surface area contributed by atoms with Gasteiger partial charge in [0.2, 0.25) is 0 Å². The van der Waals surface area contributed by atoms with E-state index in [0.29, 0.717) is 24.5 Å². The van der Waals surface area contributed by atoms with Crippen molar-refractivity contribution >= 4 is 23.1 Å². The number of hydrogen-bond acceptors (Lipinski definition) is 4. The van der Waals surface area contributed by atoms with Crippen LogP contribution < -0.4 is 10.2 Å². The van der Waals surface area contributed by atoms with Crippen LogP contribution in [-0.2, 0) is 0 Å². The maximum absolute atomic E-state index is 13.1. The van der Waals surface area contributed by atoms with Gasteiger partial charge in [0.15, 0.2) is 0 Å². The van der Waals surface area contributed by atoms with Crippen LogP contribution in [0.15, 0.2) is 66.9 Å². The molecule has 0 atom stereocenters. The van der Waals surface area contributed by atoms with Gasteiger partial charge >= 0.3 is 0 Å². The fourth-order valence-corrected chi connectivity index (χ4v) is 3.49. The number of nitrogens with zero attached hydrogens (tertiary/aromatic N) is 3. The first-order valence-electron chi connectivity index (χ1n) is 9.69. The minimum absolute atomic E-state index is 0.000935. The fraction of sp³-hybridized carbons (Fsp3) is 0.217. The average Bonchev–Trinajstić information content (AvgIpc) is 2.76. The topological polar surface area (TPSA) is 48.5 Å². The molecule has 6 heteroatoms. The lowest BCUT2D eigenvalue weighted by Gasteiger charge is -2.36. The van der Waals surface area contributed by atoms with Gasteiger partial charge in [0.25, 0.3) is 5.91 Å². The lowest BCUT2D eigenvalue weighted by atomic mass is 10.1. The normalized spacial score (nSPS) is 14.0. The number of amides is 1. The maximum Gasteiger partial charge on any atom is 0.254 e. The lowest BCUT2D eigenvalue weighted by Crippen LogP contribution is -2.48. The Kier molecular flexibility index (Phi) is 5.42. The number of aromatic nitrogens is 1. The number of carbonyl (C=O) groups is 1. The van der Waals surface area contributed by atoms with Crippen molar-refractivity contribution < 1.29 is 9.18 Å². The van der Waals surface area contributed by atoms with Crippen LogP contribution in [-0.4, -0.2) is 42.0 Å². The van der Waals surface area contributed by atoms with Gasteiger partial charge in [-0.1, -0.05) is 18.2 Å². The molecule has 148 valence electrons. The molecule has 5 nitrogen and oxygen atoms in total. The third-order valence-corrected chi connectivity index (χ3v) is 5.17. The molecule has 0 spiro atoms. The Morgan fingerprint density at radius 3 is 2.45 bits per heavy atom. The molecule has 2 heterocycles. The van der Waals surface area contributed by atoms with Crippen LogP contribution in [0.25, 0.3) is 0 Å². The van der Waals surface area contributed by atoms with Crippen LogP contribution in [0.4, 0.5) is 21.6 Å². The van der Waals surface area contributed by atoms with E-state index in [2.05, 4.69) is 15.2 Å². The molecule has 0 bridgehead atoms. The van der Waals surface area contributed by atoms with Crippen molar-refractivity contribution in [1.29, 1.82) is 0 Å². The number of carbonyl (C=O) groups excluding carboxylic acids is 1. The minimum atomic E-state index is -0.240. The Bertz CT molecular complexity index is 998. The summed E-state index contributed by atoms with van der Waals surface area (Å²) in [5.74, 6) is 0.407. The van der Waals surface area contributed by atoms with E-state index >= 15 is 0 Å². The number of aryl methyl sites for hydroxylation is 1. The molecule has 0 saturated carbocycles. The van der Waals surface area contributed by atoms with Crippen molar-refractivity contribution in [2.24, 2.45) is 0 Å². The molecule has 1 aromatic heterocycles. The highest BCUT2D eigenvalue weighted by molar-refractivity contribution is 5.95. The summed E-state index contributed by atoms with van der Waals surface area (Å²) in [5, 5.41) is 3.28. The predicted molar refractivity (Wildman–Crippen MR) is 113 cm³/mol. The number of anilines is 3. The van der Waals surface area contributed by atoms with Crippen LogP contribution in [0, 0.1) is 12.7 Å². The summed E-state index contributed by atoms with van der Waals surface area (Å²) < 4.78 is 13.1. The smallest absolute Gasteiger partial charge is 0.254 e. The standard InChI is InChI=1S/C23H23FN4O/c1-17-4-2-3-5-21(17)26-22-16-18(10-11-25-22)23(29)28-14-12-27(13-15-28)20-8-6-19(24)7-9-20/h2-11,16H,12-15H2,1H3,(H,25,26). The van der Waals surface area contributed by atoms with Gasteiger partial charge in [-0.2, -0.15) is 0 Å². The zero-order chi connectivity index (χ0) is 20.2. The van der Waals surface area contributed by atoms with E-state index in [9.17, 15) is 9.18 Å². The van der Waals surface area contributed by atoms with Gasteiger partial charge in [0.05, 0.1) is 0 Å². The average molecular weight is 390 g/mol. The van der Waals surface area contributed by atoms with E-state index < -0.39 is 0 Å². The number of pyridine rings is 1. The molecule has 1 N–H and O–H groups in total. The Hall–Kier alpha value is -3.41. The first-order chi connectivity index (χ1) is 14.1. The van der Waals surface area contributed by atoms with E-state index in [-0.39, 0.29) is 11.7 Å². The third-order valence-electron chi connectivity index (χ3n) is 5.17. The highest BCUT2D eigenvalue weighted by Gasteiger charge is 2.22. The highest BCUT2D eigenvalue weighted by Crippen LogP contribution is 2.21. The zero-order valence-electron chi connectivity index (χ0n) is 16.3. The molecule has 1 aliphatic rings. The summed E-state index contributed by atoms with van der Waals surface area (Å²) in [7, 11) is 0. The van der Waals surface area contributed by atoms with Gasteiger partial charge in [-0.3, -0.25) is 4.79 Å². The Balaban J connectivity index is 1.41. The number of halogens is 1. The van der Waals surface area contributed by atoms with Crippen LogP contribution in [0.1, 0.15) is 15.9 Å². The molecule has 1 aliphatic heterocycles. The lowest BCUT2D eigenvalue weighted by molar-refractivity contribution is 0.0746. The van der Waals surface area contributed by atoms with Gasteiger partial charge in [-0.05, 0) is 55.0 Å². The first-order valence-corrected chi connectivity index (χ1v) is 9.69. The molecule has 1 fully saturated rings. The molecule has 2 aromatic carbocycles. The van der Waals surface area contributed by atoms with Gasteiger partial charge in [0, 0.05) is 49.3 Å². The van der Waals surface area contributed by atoms with Gasteiger partial charge in [-0.15, -0.1) is 0 Å². The Morgan fingerprint density at radius 1 is 1.00 bits per heavy atom. The number of para-hydroxylation sites is 1. The number of rotatable bonds is 4. The SMILES string of the molecule is Cc1ccccc1Nc1cc(C(=O)N2CCN(c3ccc(F)cc3)CC2)ccn1. The van der Waals surface area contributed by atoms with Crippen LogP contribution in [0.3, 0.4) is 0 Å². The zero-order valence-corrected chi connectivity index (χ0v) is 16.3. The molecular weight excluding hydrogens is 367 g/mol. The Morgan fingerprint density at radius 2 is 1.72 bits per heavy atom. The summed E-state index contributed by atoms with van der Waals surface area (Å²) in [6, 6.07) is 18.0. The molecule has 3 aromatic rings. The molecule has 0 radical (unpaired) electrons. The molecule has 1 amide bonds. The van der Waals surface area contributed by atoms with Crippen molar-refractivity contribution in [3.8, 4) is 0 Å².